The van der Waals surface area contributed by atoms with Gasteiger partial charge in [-0.05, 0) is 120 Å². The summed E-state index contributed by atoms with van der Waals surface area (Å²) in [6.45, 7) is 4.90. The van der Waals surface area contributed by atoms with Crippen LogP contribution in [0.1, 0.15) is 44.1 Å². The molecule has 0 bridgehead atoms. The number of carbonyl (C=O) groups is 2. The Morgan fingerprint density at radius 1 is 0.982 bits per heavy atom. The topological polar surface area (TPSA) is 106 Å². The Balaban J connectivity index is 0.980. The minimum atomic E-state index is -3.86. The SMILES string of the molecule is COC(=O)N[C@H]1CCC[C@@H]1[C@](CN1CCC1)(c1cccc(F)c1)C1CCN(CC2(F)CN(c3ccc(S(=O)(=O)C4CN(C(=O)/C=C/CN(C)C)C4)cc3F)C2)CC1. The average Bonchev–Trinajstić information content (AvgIpc) is 3.58. The van der Waals surface area contributed by atoms with Crippen LogP contribution in [0.25, 0.3) is 0 Å². The van der Waals surface area contributed by atoms with Gasteiger partial charge in [-0.2, -0.15) is 0 Å². The summed E-state index contributed by atoms with van der Waals surface area (Å²) in [6.07, 6.45) is 8.08. The van der Waals surface area contributed by atoms with Crippen LogP contribution in [0.5, 0.6) is 0 Å². The molecule has 4 heterocycles. The number of nitrogens with one attached hydrogen (secondary N) is 1. The van der Waals surface area contributed by atoms with E-state index in [0.29, 0.717) is 19.6 Å². The molecule has 312 valence electrons. The number of alkyl carbamates (subject to hydrolysis) is 1. The van der Waals surface area contributed by atoms with E-state index >= 15 is 13.2 Å². The zero-order valence-electron chi connectivity index (χ0n) is 33.3. The largest absolute Gasteiger partial charge is 0.453 e. The highest BCUT2D eigenvalue weighted by Gasteiger charge is 2.54. The van der Waals surface area contributed by atoms with E-state index in [1.807, 2.05) is 25.1 Å². The normalized spacial score (nSPS) is 24.5. The molecule has 7 rings (SSSR count). The molecule has 15 heteroatoms. The number of amides is 2. The van der Waals surface area contributed by atoms with Crippen LogP contribution in [-0.2, 0) is 24.8 Å². The standard InChI is InChI=1S/C42H57F3N6O5S/c1-47(2)17-6-12-39(52)50-24-34(25-50)57(54,55)33-13-14-38(36(44)23-33)51-27-41(45,28-51)26-49-20-15-30(16-21-49)42(29-48-18-7-19-48,31-8-4-9-32(43)22-31)35-10-5-11-37(35)46-40(53)56-3/h4,6,8-9,12-14,22-23,30,34-35,37H,5,7,10-11,15-21,24-29H2,1-3H3,(H,46,53)/b12-6+/t35-,37-,42-/m0/s1. The number of halogens is 3. The summed E-state index contributed by atoms with van der Waals surface area (Å²) in [5.41, 5.74) is -0.865. The van der Waals surface area contributed by atoms with Gasteiger partial charge < -0.3 is 29.7 Å². The molecule has 0 spiro atoms. The third kappa shape index (κ3) is 8.72. The maximum atomic E-state index is 16.3. The van der Waals surface area contributed by atoms with Gasteiger partial charge >= 0.3 is 6.09 Å². The number of methoxy groups -OCH3 is 1. The van der Waals surface area contributed by atoms with E-state index in [4.69, 9.17) is 4.74 Å². The lowest BCUT2D eigenvalue weighted by Crippen LogP contribution is -2.65. The minimum absolute atomic E-state index is 0.0118. The van der Waals surface area contributed by atoms with E-state index in [1.54, 1.807) is 23.1 Å². The van der Waals surface area contributed by atoms with E-state index in [-0.39, 0.29) is 72.9 Å². The fourth-order valence-electron chi connectivity index (χ4n) is 10.1. The lowest BCUT2D eigenvalue weighted by atomic mass is 9.57. The second-order valence-electron chi connectivity index (χ2n) is 17.2. The molecule has 0 unspecified atom stereocenters. The fourth-order valence-corrected chi connectivity index (χ4v) is 11.7. The molecule has 1 aliphatic carbocycles. The van der Waals surface area contributed by atoms with Gasteiger partial charge in [0.15, 0.2) is 15.5 Å². The average molecular weight is 815 g/mol. The third-order valence-electron chi connectivity index (χ3n) is 13.2. The van der Waals surface area contributed by atoms with Crippen LogP contribution in [0.3, 0.4) is 0 Å². The van der Waals surface area contributed by atoms with Gasteiger partial charge in [0, 0.05) is 50.3 Å². The first-order chi connectivity index (χ1) is 27.2. The fraction of sp³-hybridized carbons (Fsp3) is 0.619. The molecule has 57 heavy (non-hydrogen) atoms. The van der Waals surface area contributed by atoms with E-state index in [9.17, 15) is 18.0 Å². The summed E-state index contributed by atoms with van der Waals surface area (Å²) in [6, 6.07) is 10.7. The van der Waals surface area contributed by atoms with Crippen molar-refractivity contribution in [3.8, 4) is 0 Å². The minimum Gasteiger partial charge on any atom is -0.453 e. The first kappa shape index (κ1) is 41.5. The van der Waals surface area contributed by atoms with Crippen molar-refractivity contribution in [2.45, 2.75) is 65.8 Å². The Labute approximate surface area is 335 Å². The van der Waals surface area contributed by atoms with Crippen molar-refractivity contribution in [3.05, 3.63) is 71.8 Å². The van der Waals surface area contributed by atoms with Crippen LogP contribution >= 0.6 is 0 Å². The van der Waals surface area contributed by atoms with Crippen molar-refractivity contribution in [1.29, 1.82) is 0 Å². The molecule has 0 radical (unpaired) electrons. The second-order valence-corrected chi connectivity index (χ2v) is 19.4. The van der Waals surface area contributed by atoms with Crippen LogP contribution in [0.15, 0.2) is 59.5 Å². The highest BCUT2D eigenvalue weighted by molar-refractivity contribution is 7.92. The van der Waals surface area contributed by atoms with Crippen LogP contribution in [0, 0.1) is 23.5 Å². The van der Waals surface area contributed by atoms with Gasteiger partial charge in [0.05, 0.1) is 30.8 Å². The molecule has 2 aromatic rings. The predicted molar refractivity (Wildman–Crippen MR) is 213 cm³/mol. The number of carbonyl (C=O) groups excluding carboxylic acids is 2. The quantitative estimate of drug-likeness (QED) is 0.277. The molecule has 4 aliphatic heterocycles. The zero-order chi connectivity index (χ0) is 40.5. The van der Waals surface area contributed by atoms with Gasteiger partial charge in [0.1, 0.15) is 16.9 Å². The van der Waals surface area contributed by atoms with Crippen molar-refractivity contribution in [1.82, 2.24) is 24.9 Å². The number of alkyl halides is 1. The van der Waals surface area contributed by atoms with E-state index in [0.717, 1.165) is 69.8 Å². The Morgan fingerprint density at radius 3 is 2.35 bits per heavy atom. The van der Waals surface area contributed by atoms with E-state index in [1.165, 1.54) is 36.3 Å². The molecule has 2 amide bonds. The smallest absolute Gasteiger partial charge is 0.407 e. The maximum Gasteiger partial charge on any atom is 0.407 e. The number of hydrogen-bond donors (Lipinski definition) is 1. The van der Waals surface area contributed by atoms with Gasteiger partial charge in [-0.25, -0.2) is 26.4 Å². The zero-order valence-corrected chi connectivity index (χ0v) is 34.2. The Kier molecular flexibility index (Phi) is 12.3. The Hall–Kier alpha value is -3.66. The van der Waals surface area contributed by atoms with E-state index in [2.05, 4.69) is 15.1 Å². The molecule has 5 aliphatic rings. The molecule has 3 atom stereocenters. The van der Waals surface area contributed by atoms with Crippen molar-refractivity contribution < 1.29 is 35.9 Å². The van der Waals surface area contributed by atoms with Crippen LogP contribution in [-0.4, -0.2) is 150 Å². The number of hydrogen-bond acceptors (Lipinski definition) is 9. The number of likely N-dealkylation sites (tertiary alicyclic amines) is 3. The third-order valence-corrected chi connectivity index (χ3v) is 15.2. The maximum absolute atomic E-state index is 16.3. The first-order valence-electron chi connectivity index (χ1n) is 20.3. The molecule has 2 aromatic carbocycles. The first-order valence-corrected chi connectivity index (χ1v) is 21.9. The van der Waals surface area contributed by atoms with Gasteiger partial charge in [0.25, 0.3) is 0 Å². The van der Waals surface area contributed by atoms with Gasteiger partial charge in [-0.1, -0.05) is 24.6 Å². The Morgan fingerprint density at radius 2 is 1.72 bits per heavy atom. The molecule has 1 N–H and O–H groups in total. The monoisotopic (exact) mass is 814 g/mol. The van der Waals surface area contributed by atoms with Gasteiger partial charge in [-0.15, -0.1) is 0 Å². The highest BCUT2D eigenvalue weighted by Crippen LogP contribution is 2.52. The van der Waals surface area contributed by atoms with Crippen LogP contribution in [0.2, 0.25) is 0 Å². The summed E-state index contributed by atoms with van der Waals surface area (Å²) in [7, 11) is 1.27. The van der Waals surface area contributed by atoms with Crippen LogP contribution < -0.4 is 10.2 Å². The summed E-state index contributed by atoms with van der Waals surface area (Å²) in [5, 5.41) is 2.30. The van der Waals surface area contributed by atoms with Crippen molar-refractivity contribution in [2.75, 3.05) is 98.1 Å². The number of piperidine rings is 1. The number of benzene rings is 2. The van der Waals surface area contributed by atoms with Crippen molar-refractivity contribution in [2.24, 2.45) is 11.8 Å². The van der Waals surface area contributed by atoms with Crippen LogP contribution in [0.4, 0.5) is 23.7 Å². The number of nitrogens with zero attached hydrogens (tertiary/aromatic N) is 5. The number of anilines is 1. The molecule has 11 nitrogen and oxygen atoms in total. The molecule has 1 saturated carbocycles. The van der Waals surface area contributed by atoms with Gasteiger partial charge in [0.2, 0.25) is 5.91 Å². The molecular formula is C42H57F3N6O5S. The van der Waals surface area contributed by atoms with Crippen molar-refractivity contribution in [3.63, 3.8) is 0 Å². The number of ether oxygens (including phenoxy) is 1. The lowest BCUT2D eigenvalue weighted by Gasteiger charge is -2.54. The van der Waals surface area contributed by atoms with E-state index < -0.39 is 38.1 Å². The Bertz CT molecular complexity index is 1910. The van der Waals surface area contributed by atoms with Gasteiger partial charge in [-0.3, -0.25) is 9.69 Å². The molecule has 0 aromatic heterocycles. The number of rotatable bonds is 14. The molecule has 4 saturated heterocycles. The second kappa shape index (κ2) is 16.9. The molecular weight excluding hydrogens is 758 g/mol. The molecule has 5 fully saturated rings. The number of sulfone groups is 1. The summed E-state index contributed by atoms with van der Waals surface area (Å²) >= 11 is 0. The lowest BCUT2D eigenvalue weighted by molar-refractivity contribution is -0.129. The summed E-state index contributed by atoms with van der Waals surface area (Å²) < 4.78 is 78.3. The van der Waals surface area contributed by atoms with Crippen molar-refractivity contribution >= 4 is 27.5 Å². The number of likely N-dealkylation sites (N-methyl/N-ethyl adjacent to an activating group) is 1. The summed E-state index contributed by atoms with van der Waals surface area (Å²) in [4.78, 5) is 34.3. The highest BCUT2D eigenvalue weighted by atomic mass is 32.2. The summed E-state index contributed by atoms with van der Waals surface area (Å²) in [5.74, 6) is -1.01. The predicted octanol–water partition coefficient (Wildman–Crippen LogP) is 4.48.